The molecule has 11 nitrogen and oxygen atoms in total. The van der Waals surface area contributed by atoms with Crippen LogP contribution in [-0.4, -0.2) is 49.0 Å². The second kappa shape index (κ2) is 9.67. The molecular weight excluding hydrogens is 512 g/mol. The van der Waals surface area contributed by atoms with Gasteiger partial charge in [0, 0.05) is 43.5 Å². The zero-order chi connectivity index (χ0) is 25.4. The van der Waals surface area contributed by atoms with E-state index in [1.807, 2.05) is 0 Å². The lowest BCUT2D eigenvalue weighted by Crippen LogP contribution is -2.38. The van der Waals surface area contributed by atoms with E-state index in [-0.39, 0.29) is 5.56 Å². The number of likely N-dealkylation sites (tertiary alicyclic amines) is 1. The Morgan fingerprint density at radius 3 is 2.40 bits per heavy atom. The van der Waals surface area contributed by atoms with E-state index >= 15 is 0 Å². The van der Waals surface area contributed by atoms with E-state index in [0.717, 1.165) is 19.3 Å². The molecule has 2 aliphatic rings. The lowest BCUT2D eigenvalue weighted by Gasteiger charge is -2.41. The van der Waals surface area contributed by atoms with Crippen molar-refractivity contribution in [2.45, 2.75) is 37.1 Å². The van der Waals surface area contributed by atoms with Gasteiger partial charge in [-0.05, 0) is 37.0 Å². The summed E-state index contributed by atoms with van der Waals surface area (Å²) in [4.78, 5) is 38.0. The lowest BCUT2D eigenvalue weighted by molar-refractivity contribution is -0.0597. The zero-order valence-corrected chi connectivity index (χ0v) is 19.9. The number of halogens is 2. The van der Waals surface area contributed by atoms with Gasteiger partial charge in [0.1, 0.15) is 5.82 Å². The predicted molar refractivity (Wildman–Crippen MR) is 115 cm³/mol. The Labute approximate surface area is 198 Å². The fourth-order valence-corrected chi connectivity index (χ4v) is 7.30. The summed E-state index contributed by atoms with van der Waals surface area (Å²) in [6.07, 6.45) is 0.940. The minimum atomic E-state index is -5.40. The molecule has 2 aliphatic heterocycles. The highest BCUT2D eigenvalue weighted by atomic mass is 31.2. The third-order valence-corrected chi connectivity index (χ3v) is 10.3. The molecule has 0 saturated carbocycles. The maximum absolute atomic E-state index is 14.8. The van der Waals surface area contributed by atoms with Crippen LogP contribution in [0.5, 0.6) is 5.75 Å². The number of rotatable bonds is 4. The Kier molecular flexibility index (Phi) is 7.14. The number of aliphatic hydroxyl groups is 1. The molecule has 0 spiro atoms. The summed E-state index contributed by atoms with van der Waals surface area (Å²) in [5.41, 5.74) is -0.742. The van der Waals surface area contributed by atoms with Gasteiger partial charge in [0.2, 0.25) is 6.29 Å². The third-order valence-electron chi connectivity index (χ3n) is 5.66. The van der Waals surface area contributed by atoms with Crippen molar-refractivity contribution >= 4 is 21.3 Å². The van der Waals surface area contributed by atoms with Crippen LogP contribution in [0, 0.1) is 11.6 Å². The molecule has 2 atom stereocenters. The SMILES string of the molecule is O=C(Oc1cc(F)c(C2OP(=O)(O)C(O)(Cc3cccnc3)P(=O)(O)O2)cc1F)N1CCCCC1. The number of hydrogen-bond donors (Lipinski definition) is 3. The van der Waals surface area contributed by atoms with Crippen molar-refractivity contribution in [3.8, 4) is 5.75 Å². The highest BCUT2D eigenvalue weighted by molar-refractivity contribution is 7.73. The summed E-state index contributed by atoms with van der Waals surface area (Å²) in [5.74, 6) is -3.32. The van der Waals surface area contributed by atoms with Crippen LogP contribution in [0.25, 0.3) is 0 Å². The largest absolute Gasteiger partial charge is 0.415 e. The molecule has 2 saturated heterocycles. The van der Waals surface area contributed by atoms with Gasteiger partial charge in [-0.3, -0.25) is 23.2 Å². The Morgan fingerprint density at radius 2 is 1.80 bits per heavy atom. The summed E-state index contributed by atoms with van der Waals surface area (Å²) < 4.78 is 69.6. The Bertz CT molecular complexity index is 1180. The smallest absolute Gasteiger partial charge is 0.407 e. The van der Waals surface area contributed by atoms with Crippen LogP contribution < -0.4 is 4.74 Å². The zero-order valence-electron chi connectivity index (χ0n) is 18.1. The number of carbonyl (C=O) groups is 1. The number of hydrogen-bond acceptors (Lipinski definition) is 8. The van der Waals surface area contributed by atoms with Crippen molar-refractivity contribution in [1.29, 1.82) is 0 Å². The van der Waals surface area contributed by atoms with Gasteiger partial charge in [0.05, 0.1) is 0 Å². The van der Waals surface area contributed by atoms with Gasteiger partial charge in [-0.1, -0.05) is 6.07 Å². The van der Waals surface area contributed by atoms with Crippen molar-refractivity contribution in [3.05, 3.63) is 59.4 Å². The topological polar surface area (TPSA) is 156 Å². The maximum atomic E-state index is 14.8. The molecule has 1 aromatic carbocycles. The van der Waals surface area contributed by atoms with Gasteiger partial charge in [-0.15, -0.1) is 0 Å². The fraction of sp³-hybridized carbons (Fsp3) is 0.400. The van der Waals surface area contributed by atoms with Crippen LogP contribution in [-0.2, 0) is 24.6 Å². The van der Waals surface area contributed by atoms with Crippen LogP contribution in [0.1, 0.15) is 36.7 Å². The van der Waals surface area contributed by atoms with E-state index in [4.69, 9.17) is 13.8 Å². The minimum absolute atomic E-state index is 0.112. The Balaban J connectivity index is 1.58. The first kappa shape index (κ1) is 25.8. The Hall–Kier alpha value is -2.24. The van der Waals surface area contributed by atoms with Crippen molar-refractivity contribution in [2.24, 2.45) is 0 Å². The minimum Gasteiger partial charge on any atom is -0.407 e. The molecular formula is C20H22F2N2O9P2. The number of carbonyl (C=O) groups excluding carboxylic acids is 1. The number of pyridine rings is 1. The van der Waals surface area contributed by atoms with Crippen LogP contribution in [0.15, 0.2) is 36.7 Å². The summed E-state index contributed by atoms with van der Waals surface area (Å²) in [5, 5.41) is 7.41. The normalized spacial score (nSPS) is 31.2. The molecule has 15 heteroatoms. The van der Waals surface area contributed by atoms with E-state index in [0.29, 0.717) is 25.2 Å². The average Bonchev–Trinajstić information content (AvgIpc) is 2.80. The second-order valence-electron chi connectivity index (χ2n) is 8.12. The first-order chi connectivity index (χ1) is 16.4. The van der Waals surface area contributed by atoms with Crippen LogP contribution in [0.3, 0.4) is 0 Å². The number of piperidine rings is 1. The van der Waals surface area contributed by atoms with Crippen LogP contribution >= 0.6 is 15.2 Å². The predicted octanol–water partition coefficient (Wildman–Crippen LogP) is 3.65. The molecule has 2 fully saturated rings. The average molecular weight is 534 g/mol. The molecule has 1 amide bonds. The Morgan fingerprint density at radius 1 is 1.14 bits per heavy atom. The molecule has 0 bridgehead atoms. The molecule has 0 radical (unpaired) electrons. The first-order valence-corrected chi connectivity index (χ1v) is 13.7. The molecule has 35 heavy (non-hydrogen) atoms. The summed E-state index contributed by atoms with van der Waals surface area (Å²) in [6.45, 7) is 0.814. The van der Waals surface area contributed by atoms with E-state index in [1.165, 1.54) is 29.4 Å². The number of ether oxygens (including phenoxy) is 1. The fourth-order valence-electron chi connectivity index (χ4n) is 3.74. The standard InChI is InChI=1S/C20H22F2N2O9P2/c21-15-10-17(31-19(25)24-7-2-1-3-8-24)16(22)9-14(15)18-32-34(27,28)20(26,35(29,30)33-18)11-13-5-4-6-23-12-13/h4-6,9-10,12,18,26H,1-3,7-8,11H2,(H,27,28)(H,29,30). The summed E-state index contributed by atoms with van der Waals surface area (Å²) in [6, 6.07) is 3.73. The molecule has 190 valence electrons. The second-order valence-corrected chi connectivity index (χ2v) is 12.5. The highest BCUT2D eigenvalue weighted by Gasteiger charge is 2.67. The molecule has 2 unspecified atom stereocenters. The van der Waals surface area contributed by atoms with Crippen molar-refractivity contribution in [2.75, 3.05) is 13.1 Å². The molecule has 1 aromatic heterocycles. The lowest BCUT2D eigenvalue weighted by atomic mass is 10.1. The van der Waals surface area contributed by atoms with Crippen molar-refractivity contribution in [1.82, 2.24) is 9.88 Å². The molecule has 4 rings (SSSR count). The van der Waals surface area contributed by atoms with Crippen LogP contribution in [0.4, 0.5) is 13.6 Å². The quantitative estimate of drug-likeness (QED) is 0.495. The summed E-state index contributed by atoms with van der Waals surface area (Å²) in [7, 11) is -10.8. The van der Waals surface area contributed by atoms with Gasteiger partial charge in [-0.25, -0.2) is 13.6 Å². The van der Waals surface area contributed by atoms with Gasteiger partial charge < -0.3 is 24.5 Å². The number of amides is 1. The first-order valence-electron chi connectivity index (χ1n) is 10.5. The van der Waals surface area contributed by atoms with E-state index in [1.54, 1.807) is 0 Å². The number of aromatic nitrogens is 1. The van der Waals surface area contributed by atoms with E-state index < -0.39 is 62.0 Å². The molecule has 3 heterocycles. The maximum Gasteiger partial charge on any atom is 0.415 e. The molecule has 2 aromatic rings. The van der Waals surface area contributed by atoms with Crippen molar-refractivity contribution < 1.29 is 51.4 Å². The van der Waals surface area contributed by atoms with E-state index in [2.05, 4.69) is 4.98 Å². The van der Waals surface area contributed by atoms with Gasteiger partial charge >= 0.3 is 21.3 Å². The molecule has 0 aliphatic carbocycles. The molecule has 3 N–H and O–H groups in total. The number of benzene rings is 1. The summed E-state index contributed by atoms with van der Waals surface area (Å²) >= 11 is 0. The van der Waals surface area contributed by atoms with Crippen LogP contribution in [0.2, 0.25) is 0 Å². The van der Waals surface area contributed by atoms with Crippen molar-refractivity contribution in [3.63, 3.8) is 0 Å². The monoisotopic (exact) mass is 534 g/mol. The third kappa shape index (κ3) is 5.03. The van der Waals surface area contributed by atoms with Gasteiger partial charge in [0.25, 0.3) is 5.08 Å². The van der Waals surface area contributed by atoms with Gasteiger partial charge in [-0.2, -0.15) is 0 Å². The number of nitrogens with zero attached hydrogens (tertiary/aromatic N) is 2. The van der Waals surface area contributed by atoms with E-state index in [9.17, 15) is 37.6 Å². The van der Waals surface area contributed by atoms with Gasteiger partial charge in [0.15, 0.2) is 11.6 Å². The highest BCUT2D eigenvalue weighted by Crippen LogP contribution is 2.79.